The second-order valence-corrected chi connectivity index (χ2v) is 3.82. The van der Waals surface area contributed by atoms with Crippen LogP contribution in [0.3, 0.4) is 0 Å². The highest BCUT2D eigenvalue weighted by molar-refractivity contribution is 4.99. The van der Waals surface area contributed by atoms with E-state index in [0.717, 1.165) is 44.2 Å². The Morgan fingerprint density at radius 1 is 1.31 bits per heavy atom. The molecule has 90 valence electrons. The van der Waals surface area contributed by atoms with Gasteiger partial charge in [0.2, 0.25) is 0 Å². The maximum Gasteiger partial charge on any atom is 0.142 e. The predicted molar refractivity (Wildman–Crippen MR) is 66.3 cm³/mol. The smallest absolute Gasteiger partial charge is 0.142 e. The quantitative estimate of drug-likeness (QED) is 0.704. The van der Waals surface area contributed by atoms with Crippen molar-refractivity contribution in [3.05, 3.63) is 23.8 Å². The molecule has 4 heteroatoms. The standard InChI is InChI=1S/C12H22N4/c1-4-16(5-2)9-8-13-10-12-14-7-6-11(3)15-12/h6-7,13H,4-5,8-10H2,1-3H3. The molecule has 16 heavy (non-hydrogen) atoms. The first-order chi connectivity index (χ1) is 7.76. The van der Waals surface area contributed by atoms with E-state index in [1.54, 1.807) is 0 Å². The first-order valence-corrected chi connectivity index (χ1v) is 5.97. The van der Waals surface area contributed by atoms with Crippen LogP contribution in [0.25, 0.3) is 0 Å². The lowest BCUT2D eigenvalue weighted by molar-refractivity contribution is 0.302. The lowest BCUT2D eigenvalue weighted by Crippen LogP contribution is -2.31. The van der Waals surface area contributed by atoms with Crippen molar-refractivity contribution in [2.75, 3.05) is 26.2 Å². The molecular weight excluding hydrogens is 200 g/mol. The first-order valence-electron chi connectivity index (χ1n) is 5.97. The molecule has 1 aromatic rings. The van der Waals surface area contributed by atoms with Crippen molar-refractivity contribution < 1.29 is 0 Å². The Bertz CT molecular complexity index is 297. The zero-order valence-corrected chi connectivity index (χ0v) is 10.5. The molecule has 1 N–H and O–H groups in total. The Morgan fingerprint density at radius 3 is 2.69 bits per heavy atom. The third kappa shape index (κ3) is 4.68. The van der Waals surface area contributed by atoms with Gasteiger partial charge in [-0.05, 0) is 26.1 Å². The molecule has 0 amide bonds. The van der Waals surface area contributed by atoms with Crippen LogP contribution in [0.2, 0.25) is 0 Å². The molecule has 0 fully saturated rings. The van der Waals surface area contributed by atoms with Crippen LogP contribution in [-0.4, -0.2) is 41.0 Å². The molecule has 0 saturated carbocycles. The summed E-state index contributed by atoms with van der Waals surface area (Å²) >= 11 is 0. The lowest BCUT2D eigenvalue weighted by atomic mass is 10.4. The summed E-state index contributed by atoms with van der Waals surface area (Å²) in [6.45, 7) is 11.4. The topological polar surface area (TPSA) is 41.0 Å². The third-order valence-electron chi connectivity index (χ3n) is 2.63. The number of hydrogen-bond donors (Lipinski definition) is 1. The van der Waals surface area contributed by atoms with E-state index in [9.17, 15) is 0 Å². The van der Waals surface area contributed by atoms with Gasteiger partial charge in [-0.1, -0.05) is 13.8 Å². The molecule has 0 bridgehead atoms. The molecule has 0 radical (unpaired) electrons. The molecule has 1 heterocycles. The summed E-state index contributed by atoms with van der Waals surface area (Å²) in [5.74, 6) is 0.875. The molecule has 1 aromatic heterocycles. The minimum absolute atomic E-state index is 0.753. The normalized spacial score (nSPS) is 11.0. The van der Waals surface area contributed by atoms with Crippen molar-refractivity contribution in [1.29, 1.82) is 0 Å². The summed E-state index contributed by atoms with van der Waals surface area (Å²) in [7, 11) is 0. The summed E-state index contributed by atoms with van der Waals surface area (Å²) in [5.41, 5.74) is 1.02. The second-order valence-electron chi connectivity index (χ2n) is 3.82. The molecule has 0 spiro atoms. The molecule has 0 aromatic carbocycles. The first kappa shape index (κ1) is 13.1. The molecule has 0 unspecified atom stereocenters. The fourth-order valence-corrected chi connectivity index (χ4v) is 1.56. The molecule has 0 aliphatic carbocycles. The highest BCUT2D eigenvalue weighted by Crippen LogP contribution is 1.92. The fraction of sp³-hybridized carbons (Fsp3) is 0.667. The van der Waals surface area contributed by atoms with E-state index in [4.69, 9.17) is 0 Å². The monoisotopic (exact) mass is 222 g/mol. The summed E-state index contributed by atoms with van der Waals surface area (Å²) < 4.78 is 0. The Balaban J connectivity index is 2.20. The average Bonchev–Trinajstić information content (AvgIpc) is 2.29. The van der Waals surface area contributed by atoms with Gasteiger partial charge in [-0.3, -0.25) is 0 Å². The largest absolute Gasteiger partial charge is 0.309 e. The molecular formula is C12H22N4. The van der Waals surface area contributed by atoms with E-state index in [0.29, 0.717) is 0 Å². The van der Waals surface area contributed by atoms with Crippen LogP contribution >= 0.6 is 0 Å². The van der Waals surface area contributed by atoms with Crippen LogP contribution in [0.1, 0.15) is 25.4 Å². The van der Waals surface area contributed by atoms with Crippen LogP contribution < -0.4 is 5.32 Å². The van der Waals surface area contributed by atoms with Gasteiger partial charge in [0.1, 0.15) is 5.82 Å². The van der Waals surface area contributed by atoms with Crippen LogP contribution in [0.5, 0.6) is 0 Å². The summed E-state index contributed by atoms with van der Waals surface area (Å²) in [6.07, 6.45) is 1.81. The lowest BCUT2D eigenvalue weighted by Gasteiger charge is -2.17. The molecule has 0 saturated heterocycles. The van der Waals surface area contributed by atoms with Gasteiger partial charge >= 0.3 is 0 Å². The number of nitrogens with one attached hydrogen (secondary N) is 1. The van der Waals surface area contributed by atoms with Gasteiger partial charge in [0.25, 0.3) is 0 Å². The maximum atomic E-state index is 4.34. The van der Waals surface area contributed by atoms with Crippen molar-refractivity contribution in [2.24, 2.45) is 0 Å². The van der Waals surface area contributed by atoms with Gasteiger partial charge in [-0.15, -0.1) is 0 Å². The van der Waals surface area contributed by atoms with E-state index in [2.05, 4.69) is 34.0 Å². The van der Waals surface area contributed by atoms with Gasteiger partial charge in [0.15, 0.2) is 0 Å². The molecule has 0 aliphatic rings. The molecule has 1 rings (SSSR count). The summed E-state index contributed by atoms with van der Waals surface area (Å²) in [6, 6.07) is 1.92. The number of likely N-dealkylation sites (N-methyl/N-ethyl adjacent to an activating group) is 1. The Kier molecular flexibility index (Phi) is 5.96. The predicted octanol–water partition coefficient (Wildman–Crippen LogP) is 1.22. The minimum atomic E-state index is 0.753. The number of aromatic nitrogens is 2. The molecule has 4 nitrogen and oxygen atoms in total. The van der Waals surface area contributed by atoms with Gasteiger partial charge < -0.3 is 10.2 Å². The van der Waals surface area contributed by atoms with Crippen molar-refractivity contribution >= 4 is 0 Å². The van der Waals surface area contributed by atoms with Gasteiger partial charge in [0, 0.05) is 25.0 Å². The van der Waals surface area contributed by atoms with E-state index < -0.39 is 0 Å². The number of nitrogens with zero attached hydrogens (tertiary/aromatic N) is 3. The zero-order valence-electron chi connectivity index (χ0n) is 10.5. The second kappa shape index (κ2) is 7.30. The average molecular weight is 222 g/mol. The highest BCUT2D eigenvalue weighted by atomic mass is 15.1. The number of rotatable bonds is 7. The number of aryl methyl sites for hydroxylation is 1. The Labute approximate surface area is 98.1 Å². The Hall–Kier alpha value is -1.00. The summed E-state index contributed by atoms with van der Waals surface area (Å²) in [4.78, 5) is 10.9. The third-order valence-corrected chi connectivity index (χ3v) is 2.63. The number of hydrogen-bond acceptors (Lipinski definition) is 4. The van der Waals surface area contributed by atoms with E-state index in [1.165, 1.54) is 0 Å². The van der Waals surface area contributed by atoms with Crippen LogP contribution in [0.15, 0.2) is 12.3 Å². The fourth-order valence-electron chi connectivity index (χ4n) is 1.56. The van der Waals surface area contributed by atoms with Crippen molar-refractivity contribution in [3.8, 4) is 0 Å². The maximum absolute atomic E-state index is 4.34. The van der Waals surface area contributed by atoms with Crippen molar-refractivity contribution in [1.82, 2.24) is 20.2 Å². The SMILES string of the molecule is CCN(CC)CCNCc1nccc(C)n1. The van der Waals surface area contributed by atoms with Gasteiger partial charge in [-0.25, -0.2) is 9.97 Å². The summed E-state index contributed by atoms with van der Waals surface area (Å²) in [5, 5.41) is 3.36. The van der Waals surface area contributed by atoms with Crippen molar-refractivity contribution in [3.63, 3.8) is 0 Å². The van der Waals surface area contributed by atoms with E-state index in [-0.39, 0.29) is 0 Å². The van der Waals surface area contributed by atoms with E-state index >= 15 is 0 Å². The Morgan fingerprint density at radius 2 is 2.06 bits per heavy atom. The minimum Gasteiger partial charge on any atom is -0.309 e. The zero-order chi connectivity index (χ0) is 11.8. The van der Waals surface area contributed by atoms with E-state index in [1.807, 2.05) is 19.2 Å². The van der Waals surface area contributed by atoms with Crippen LogP contribution in [0.4, 0.5) is 0 Å². The molecule has 0 aliphatic heterocycles. The van der Waals surface area contributed by atoms with Crippen molar-refractivity contribution in [2.45, 2.75) is 27.3 Å². The van der Waals surface area contributed by atoms with Crippen LogP contribution in [-0.2, 0) is 6.54 Å². The van der Waals surface area contributed by atoms with Gasteiger partial charge in [0.05, 0.1) is 6.54 Å². The molecule has 0 atom stereocenters. The highest BCUT2D eigenvalue weighted by Gasteiger charge is 1.99. The van der Waals surface area contributed by atoms with Gasteiger partial charge in [-0.2, -0.15) is 0 Å². The van der Waals surface area contributed by atoms with Crippen LogP contribution in [0, 0.1) is 6.92 Å².